The van der Waals surface area contributed by atoms with Crippen LogP contribution >= 0.6 is 11.6 Å². The first-order valence-corrected chi connectivity index (χ1v) is 9.87. The molecular weight excluding hydrogens is 352 g/mol. The predicted octanol–water partition coefficient (Wildman–Crippen LogP) is 2.51. The molecule has 132 valence electrons. The molecule has 0 radical (unpaired) electrons. The van der Waals surface area contributed by atoms with Gasteiger partial charge in [-0.05, 0) is 24.8 Å². The number of halogens is 1. The second-order valence-electron chi connectivity index (χ2n) is 6.36. The Morgan fingerprint density at radius 2 is 1.92 bits per heavy atom. The Labute approximate surface area is 147 Å². The number of carbonyl (C=O) groups is 1. The topological polar surface area (TPSA) is 66.9 Å². The second kappa shape index (κ2) is 6.54. The highest BCUT2D eigenvalue weighted by Crippen LogP contribution is 2.39. The lowest BCUT2D eigenvalue weighted by Gasteiger charge is -2.32. The molecule has 2 heterocycles. The van der Waals surface area contributed by atoms with Gasteiger partial charge in [0, 0.05) is 26.1 Å². The van der Waals surface area contributed by atoms with Crippen LogP contribution in [0, 0.1) is 5.92 Å². The van der Waals surface area contributed by atoms with Crippen LogP contribution in [0.2, 0.25) is 5.02 Å². The van der Waals surface area contributed by atoms with Gasteiger partial charge in [0.2, 0.25) is 15.9 Å². The van der Waals surface area contributed by atoms with Gasteiger partial charge in [0.25, 0.3) is 0 Å². The number of sulfonamides is 1. The average molecular weight is 373 g/mol. The standard InChI is InChI=1S/C16H21ClN2O4S/c1-11-3-5-18(6-4-11)24(21,22)16-10-15-14(9-13(16)17)19(12(2)20)7-8-23-15/h9-11H,3-8H2,1-2H3. The number of amides is 1. The Hall–Kier alpha value is -1.31. The number of carbonyl (C=O) groups excluding carboxylic acids is 1. The maximum Gasteiger partial charge on any atom is 0.244 e. The van der Waals surface area contributed by atoms with E-state index in [0.29, 0.717) is 43.6 Å². The summed E-state index contributed by atoms with van der Waals surface area (Å²) in [5, 5.41) is 0.115. The van der Waals surface area contributed by atoms with Crippen LogP contribution in [0.15, 0.2) is 17.0 Å². The average Bonchev–Trinajstić information content (AvgIpc) is 2.53. The van der Waals surface area contributed by atoms with Gasteiger partial charge >= 0.3 is 0 Å². The van der Waals surface area contributed by atoms with E-state index in [2.05, 4.69) is 6.92 Å². The molecular formula is C16H21ClN2O4S. The van der Waals surface area contributed by atoms with Gasteiger partial charge < -0.3 is 9.64 Å². The fourth-order valence-electron chi connectivity index (χ4n) is 3.11. The Morgan fingerprint density at radius 3 is 2.54 bits per heavy atom. The van der Waals surface area contributed by atoms with Crippen LogP contribution in [0.5, 0.6) is 5.75 Å². The third-order valence-electron chi connectivity index (χ3n) is 4.62. The van der Waals surface area contributed by atoms with Crippen molar-refractivity contribution in [1.29, 1.82) is 0 Å². The number of rotatable bonds is 2. The molecule has 6 nitrogen and oxygen atoms in total. The summed E-state index contributed by atoms with van der Waals surface area (Å²) in [5.41, 5.74) is 0.518. The van der Waals surface area contributed by atoms with Gasteiger partial charge in [0.1, 0.15) is 17.3 Å². The summed E-state index contributed by atoms with van der Waals surface area (Å²) in [5.74, 6) is 0.781. The summed E-state index contributed by atoms with van der Waals surface area (Å²) in [6.07, 6.45) is 1.69. The van der Waals surface area contributed by atoms with Gasteiger partial charge in [-0.2, -0.15) is 4.31 Å². The van der Waals surface area contributed by atoms with Crippen molar-refractivity contribution >= 4 is 33.2 Å². The van der Waals surface area contributed by atoms with E-state index in [1.807, 2.05) is 0 Å². The number of nitrogens with zero attached hydrogens (tertiary/aromatic N) is 2. The zero-order valence-electron chi connectivity index (χ0n) is 13.8. The molecule has 8 heteroatoms. The molecule has 2 aliphatic heterocycles. The molecule has 0 saturated carbocycles. The van der Waals surface area contributed by atoms with Crippen LogP contribution in [0.1, 0.15) is 26.7 Å². The van der Waals surface area contributed by atoms with Gasteiger partial charge in [0.15, 0.2) is 0 Å². The van der Waals surface area contributed by atoms with E-state index >= 15 is 0 Å². The molecule has 0 N–H and O–H groups in total. The van der Waals surface area contributed by atoms with Gasteiger partial charge in [-0.25, -0.2) is 8.42 Å². The monoisotopic (exact) mass is 372 g/mol. The van der Waals surface area contributed by atoms with Crippen molar-refractivity contribution in [2.45, 2.75) is 31.6 Å². The highest BCUT2D eigenvalue weighted by Gasteiger charge is 2.32. The van der Waals surface area contributed by atoms with Crippen molar-refractivity contribution in [2.75, 3.05) is 31.1 Å². The minimum atomic E-state index is -3.67. The lowest BCUT2D eigenvalue weighted by Crippen LogP contribution is -2.38. The van der Waals surface area contributed by atoms with E-state index in [9.17, 15) is 13.2 Å². The summed E-state index contributed by atoms with van der Waals surface area (Å²) >= 11 is 6.26. The molecule has 0 aromatic heterocycles. The molecule has 24 heavy (non-hydrogen) atoms. The minimum Gasteiger partial charge on any atom is -0.489 e. The highest BCUT2D eigenvalue weighted by molar-refractivity contribution is 7.89. The molecule has 1 aromatic carbocycles. The lowest BCUT2D eigenvalue weighted by atomic mass is 10.0. The van der Waals surface area contributed by atoms with Crippen LogP contribution in [0.25, 0.3) is 0 Å². The first-order chi connectivity index (χ1) is 11.3. The van der Waals surface area contributed by atoms with E-state index in [1.165, 1.54) is 23.4 Å². The van der Waals surface area contributed by atoms with Crippen molar-refractivity contribution < 1.29 is 17.9 Å². The van der Waals surface area contributed by atoms with Crippen LogP contribution < -0.4 is 9.64 Å². The molecule has 3 rings (SSSR count). The zero-order chi connectivity index (χ0) is 17.5. The van der Waals surface area contributed by atoms with E-state index in [4.69, 9.17) is 16.3 Å². The number of ether oxygens (including phenoxy) is 1. The summed E-state index contributed by atoms with van der Waals surface area (Å²) in [6.45, 7) is 5.33. The molecule has 1 fully saturated rings. The van der Waals surface area contributed by atoms with Crippen molar-refractivity contribution in [3.63, 3.8) is 0 Å². The number of benzene rings is 1. The van der Waals surface area contributed by atoms with Crippen molar-refractivity contribution in [2.24, 2.45) is 5.92 Å². The molecule has 2 aliphatic rings. The fraction of sp³-hybridized carbons (Fsp3) is 0.562. The van der Waals surface area contributed by atoms with E-state index in [1.54, 1.807) is 4.90 Å². The van der Waals surface area contributed by atoms with Gasteiger partial charge in [-0.15, -0.1) is 0 Å². The van der Waals surface area contributed by atoms with E-state index < -0.39 is 10.0 Å². The molecule has 0 bridgehead atoms. The summed E-state index contributed by atoms with van der Waals surface area (Å²) in [7, 11) is -3.67. The molecule has 1 saturated heterocycles. The molecule has 0 aliphatic carbocycles. The van der Waals surface area contributed by atoms with E-state index in [-0.39, 0.29) is 15.8 Å². The van der Waals surface area contributed by atoms with Gasteiger partial charge in [0.05, 0.1) is 17.3 Å². The van der Waals surface area contributed by atoms with Crippen molar-refractivity contribution in [3.05, 3.63) is 17.2 Å². The van der Waals surface area contributed by atoms with Gasteiger partial charge in [-0.1, -0.05) is 18.5 Å². The number of anilines is 1. The van der Waals surface area contributed by atoms with Crippen LogP contribution in [-0.4, -0.2) is 44.9 Å². The second-order valence-corrected chi connectivity index (χ2v) is 8.67. The Morgan fingerprint density at radius 1 is 1.25 bits per heavy atom. The maximum absolute atomic E-state index is 12.9. The predicted molar refractivity (Wildman–Crippen MR) is 92.1 cm³/mol. The first-order valence-electron chi connectivity index (χ1n) is 8.05. The quantitative estimate of drug-likeness (QED) is 0.800. The minimum absolute atomic E-state index is 0.0443. The largest absolute Gasteiger partial charge is 0.489 e. The van der Waals surface area contributed by atoms with Crippen molar-refractivity contribution in [3.8, 4) is 5.75 Å². The SMILES string of the molecule is CC(=O)N1CCOc2cc(S(=O)(=O)N3CCC(C)CC3)c(Cl)cc21. The summed E-state index contributed by atoms with van der Waals surface area (Å²) in [6, 6.07) is 2.96. The Kier molecular flexibility index (Phi) is 4.77. The van der Waals surface area contributed by atoms with Crippen LogP contribution in [0.3, 0.4) is 0 Å². The first kappa shape index (κ1) is 17.5. The van der Waals surface area contributed by atoms with Crippen LogP contribution in [-0.2, 0) is 14.8 Å². The maximum atomic E-state index is 12.9. The van der Waals surface area contributed by atoms with E-state index in [0.717, 1.165) is 12.8 Å². The third-order valence-corrected chi connectivity index (χ3v) is 6.98. The Balaban J connectivity index is 1.99. The normalized spacial score (nSPS) is 19.7. The zero-order valence-corrected chi connectivity index (χ0v) is 15.4. The molecule has 0 spiro atoms. The van der Waals surface area contributed by atoms with Crippen molar-refractivity contribution in [1.82, 2.24) is 4.31 Å². The fourth-order valence-corrected chi connectivity index (χ4v) is 5.09. The molecule has 0 atom stereocenters. The van der Waals surface area contributed by atoms with Gasteiger partial charge in [-0.3, -0.25) is 4.79 Å². The number of hydrogen-bond donors (Lipinski definition) is 0. The highest BCUT2D eigenvalue weighted by atomic mass is 35.5. The Bertz CT molecular complexity index is 758. The smallest absolute Gasteiger partial charge is 0.244 e. The van der Waals surface area contributed by atoms with Crippen LogP contribution in [0.4, 0.5) is 5.69 Å². The third kappa shape index (κ3) is 3.12. The number of hydrogen-bond acceptors (Lipinski definition) is 4. The number of piperidine rings is 1. The lowest BCUT2D eigenvalue weighted by molar-refractivity contribution is -0.116. The number of fused-ring (bicyclic) bond motifs is 1. The summed E-state index contributed by atoms with van der Waals surface area (Å²) in [4.78, 5) is 13.3. The molecule has 0 unspecified atom stereocenters. The molecule has 1 aromatic rings. The summed E-state index contributed by atoms with van der Waals surface area (Å²) < 4.78 is 32.9. The molecule has 1 amide bonds.